The molecule has 5 aromatic heterocycles. The van der Waals surface area contributed by atoms with Crippen molar-refractivity contribution in [2.45, 2.75) is 32.9 Å². The van der Waals surface area contributed by atoms with Crippen LogP contribution in [0.25, 0.3) is 50.0 Å². The van der Waals surface area contributed by atoms with Gasteiger partial charge in [-0.05, 0) is 51.1 Å². The number of anilines is 2. The largest absolute Gasteiger partial charge is 0.424 e. The zero-order valence-electron chi connectivity index (χ0n) is 21.8. The number of hydrogen-bond donors (Lipinski definition) is 2. The second-order valence-electron chi connectivity index (χ2n) is 9.89. The Kier molecular flexibility index (Phi) is 5.10. The molecule has 0 spiro atoms. The lowest BCUT2D eigenvalue weighted by Crippen LogP contribution is -2.11. The van der Waals surface area contributed by atoms with Crippen molar-refractivity contribution in [3.8, 4) is 16.9 Å². The zero-order valence-corrected chi connectivity index (χ0v) is 21.8. The van der Waals surface area contributed by atoms with E-state index in [0.29, 0.717) is 39.0 Å². The number of oxazole rings is 1. The van der Waals surface area contributed by atoms with Crippen molar-refractivity contribution >= 4 is 44.9 Å². The molecule has 0 aliphatic rings. The number of aromatic nitrogens is 9. The maximum Gasteiger partial charge on any atom is 0.292 e. The van der Waals surface area contributed by atoms with E-state index in [4.69, 9.17) is 26.1 Å². The van der Waals surface area contributed by atoms with E-state index in [1.807, 2.05) is 43.8 Å². The molecule has 12 nitrogen and oxygen atoms in total. The molecular weight excluding hydrogens is 513 g/mol. The summed E-state index contributed by atoms with van der Waals surface area (Å²) in [5.74, 6) is -0.0721. The molecule has 0 fully saturated rings. The van der Waals surface area contributed by atoms with E-state index in [1.165, 1.54) is 18.5 Å². The lowest BCUT2D eigenvalue weighted by Gasteiger charge is -2.11. The van der Waals surface area contributed by atoms with Crippen LogP contribution in [0.15, 0.2) is 59.5 Å². The third-order valence-corrected chi connectivity index (χ3v) is 6.99. The average molecular weight is 538 g/mol. The van der Waals surface area contributed by atoms with Gasteiger partial charge in [0.2, 0.25) is 0 Å². The van der Waals surface area contributed by atoms with Crippen molar-refractivity contribution in [3.63, 3.8) is 0 Å². The minimum atomic E-state index is -0.411. The Hall–Kier alpha value is -5.33. The second kappa shape index (κ2) is 8.59. The number of hydrogen-bond acceptors (Lipinski definition) is 9. The minimum Gasteiger partial charge on any atom is -0.424 e. The van der Waals surface area contributed by atoms with Gasteiger partial charge in [-0.1, -0.05) is 0 Å². The highest BCUT2D eigenvalue weighted by atomic mass is 19.1. The van der Waals surface area contributed by atoms with Crippen LogP contribution in [-0.2, 0) is 0 Å². The van der Waals surface area contributed by atoms with Gasteiger partial charge in [-0.2, -0.15) is 20.3 Å². The third-order valence-electron chi connectivity index (χ3n) is 6.99. The van der Waals surface area contributed by atoms with Gasteiger partial charge in [-0.15, -0.1) is 0 Å². The predicted molar refractivity (Wildman–Crippen MR) is 148 cm³/mol. The molecule has 200 valence electrons. The molecule has 7 rings (SSSR count). The van der Waals surface area contributed by atoms with Gasteiger partial charge >= 0.3 is 0 Å². The molecular formula is C27H24FN11O. The normalized spacial score (nSPS) is 12.8. The van der Waals surface area contributed by atoms with Crippen molar-refractivity contribution < 1.29 is 8.81 Å². The van der Waals surface area contributed by atoms with Gasteiger partial charge in [0.05, 0.1) is 35.0 Å². The quantitative estimate of drug-likeness (QED) is 0.318. The zero-order chi connectivity index (χ0) is 27.7. The van der Waals surface area contributed by atoms with Crippen molar-refractivity contribution in [1.29, 1.82) is 0 Å². The minimum absolute atomic E-state index is 0.0804. The number of fused-ring (bicyclic) bond motifs is 3. The van der Waals surface area contributed by atoms with E-state index >= 15 is 0 Å². The maximum atomic E-state index is 14.4. The summed E-state index contributed by atoms with van der Waals surface area (Å²) in [6.45, 7) is 6.03. The molecule has 1 unspecified atom stereocenters. The number of nitrogens with zero attached hydrogens (tertiary/aromatic N) is 9. The molecule has 2 aromatic carbocycles. The fraction of sp³-hybridized carbons (Fsp3) is 0.185. The molecule has 0 amide bonds. The average Bonchev–Trinajstić information content (AvgIpc) is 3.70. The Labute approximate surface area is 226 Å². The standard InChI is InChI=1S/C27H24FN11O/c1-13(2)37-11-17(10-33-37)39-20-9-16(28)5-6-18(20)23(35-39)14(3)38-26-22(25(29)31-12-32-26)24(36-38)15-4-7-21-19(8-15)34-27(30)40-21/h4-14H,1-3H3,(H2,30,34)(H2,29,31,32). The Morgan fingerprint density at radius 2 is 1.85 bits per heavy atom. The summed E-state index contributed by atoms with van der Waals surface area (Å²) in [6.07, 6.45) is 5.01. The van der Waals surface area contributed by atoms with E-state index in [-0.39, 0.29) is 23.7 Å². The summed E-state index contributed by atoms with van der Waals surface area (Å²) in [5, 5.41) is 15.7. The topological polar surface area (TPSA) is 157 Å². The van der Waals surface area contributed by atoms with Crippen LogP contribution in [0.4, 0.5) is 16.2 Å². The molecule has 5 heterocycles. The Bertz CT molecular complexity index is 2070. The summed E-state index contributed by atoms with van der Waals surface area (Å²) in [6, 6.07) is 9.92. The lowest BCUT2D eigenvalue weighted by molar-refractivity contribution is 0.532. The van der Waals surface area contributed by atoms with Crippen molar-refractivity contribution in [1.82, 2.24) is 44.3 Å². The molecule has 13 heteroatoms. The van der Waals surface area contributed by atoms with Gasteiger partial charge in [0, 0.05) is 23.1 Å². The van der Waals surface area contributed by atoms with E-state index in [2.05, 4.69) is 20.1 Å². The fourth-order valence-corrected chi connectivity index (χ4v) is 5.01. The summed E-state index contributed by atoms with van der Waals surface area (Å²) in [5.41, 5.74) is 17.1. The van der Waals surface area contributed by atoms with Crippen molar-refractivity contribution in [2.24, 2.45) is 0 Å². The molecule has 40 heavy (non-hydrogen) atoms. The van der Waals surface area contributed by atoms with Crippen LogP contribution in [0.1, 0.15) is 38.5 Å². The fourth-order valence-electron chi connectivity index (χ4n) is 5.01. The smallest absolute Gasteiger partial charge is 0.292 e. The van der Waals surface area contributed by atoms with Crippen molar-refractivity contribution in [2.75, 3.05) is 11.5 Å². The molecule has 0 aliphatic heterocycles. The van der Waals surface area contributed by atoms with Crippen LogP contribution in [0, 0.1) is 5.82 Å². The molecule has 4 N–H and O–H groups in total. The first-order valence-corrected chi connectivity index (χ1v) is 12.7. The monoisotopic (exact) mass is 537 g/mol. The van der Waals surface area contributed by atoms with Gasteiger partial charge in [0.1, 0.15) is 34.9 Å². The number of nitrogen functional groups attached to an aromatic ring is 2. The Morgan fingerprint density at radius 3 is 2.65 bits per heavy atom. The van der Waals surface area contributed by atoms with Gasteiger partial charge in [-0.3, -0.25) is 4.68 Å². The van der Waals surface area contributed by atoms with Gasteiger partial charge in [-0.25, -0.2) is 23.7 Å². The lowest BCUT2D eigenvalue weighted by atomic mass is 10.1. The third kappa shape index (κ3) is 3.58. The van der Waals surface area contributed by atoms with Crippen LogP contribution < -0.4 is 11.5 Å². The number of rotatable bonds is 5. The van der Waals surface area contributed by atoms with Crippen LogP contribution in [0.3, 0.4) is 0 Å². The summed E-state index contributed by atoms with van der Waals surface area (Å²) in [4.78, 5) is 13.0. The summed E-state index contributed by atoms with van der Waals surface area (Å²) >= 11 is 0. The number of nitrogens with two attached hydrogens (primary N) is 2. The SMILES string of the molecule is CC(C)n1cc(-n2nc(C(C)n3nc(-c4ccc5oc(N)nc5c4)c4c(N)ncnc43)c3ccc(F)cc32)cn1. The van der Waals surface area contributed by atoms with Crippen LogP contribution in [0.2, 0.25) is 0 Å². The first kappa shape index (κ1) is 23.8. The molecule has 0 saturated heterocycles. The second-order valence-corrected chi connectivity index (χ2v) is 9.89. The maximum absolute atomic E-state index is 14.4. The van der Waals surface area contributed by atoms with E-state index in [0.717, 1.165) is 16.6 Å². The first-order valence-electron chi connectivity index (χ1n) is 12.7. The number of benzene rings is 2. The molecule has 0 radical (unpaired) electrons. The van der Waals surface area contributed by atoms with Crippen LogP contribution >= 0.6 is 0 Å². The van der Waals surface area contributed by atoms with Crippen LogP contribution in [0.5, 0.6) is 0 Å². The molecule has 0 bridgehead atoms. The molecule has 7 aromatic rings. The van der Waals surface area contributed by atoms with Gasteiger partial charge < -0.3 is 15.9 Å². The molecule has 0 saturated carbocycles. The van der Waals surface area contributed by atoms with E-state index < -0.39 is 6.04 Å². The predicted octanol–water partition coefficient (Wildman–Crippen LogP) is 4.66. The highest BCUT2D eigenvalue weighted by molar-refractivity contribution is 5.99. The number of halogens is 1. The highest BCUT2D eigenvalue weighted by Gasteiger charge is 2.26. The van der Waals surface area contributed by atoms with Gasteiger partial charge in [0.15, 0.2) is 11.2 Å². The molecule has 1 atom stereocenters. The van der Waals surface area contributed by atoms with Gasteiger partial charge in [0.25, 0.3) is 6.01 Å². The summed E-state index contributed by atoms with van der Waals surface area (Å²) in [7, 11) is 0. The van der Waals surface area contributed by atoms with E-state index in [9.17, 15) is 4.39 Å². The van der Waals surface area contributed by atoms with Crippen LogP contribution in [-0.4, -0.2) is 44.3 Å². The Balaban J connectivity index is 1.42. The highest BCUT2D eigenvalue weighted by Crippen LogP contribution is 2.36. The molecule has 0 aliphatic carbocycles. The summed E-state index contributed by atoms with van der Waals surface area (Å²) < 4.78 is 25.1. The van der Waals surface area contributed by atoms with E-state index in [1.54, 1.807) is 27.7 Å². The van der Waals surface area contributed by atoms with Crippen molar-refractivity contribution in [3.05, 3.63) is 66.6 Å². The Morgan fingerprint density at radius 1 is 1.00 bits per heavy atom. The first-order chi connectivity index (χ1) is 19.3.